The molecule has 3 aromatic carbocycles. The van der Waals surface area contributed by atoms with E-state index in [0.717, 1.165) is 11.1 Å². The van der Waals surface area contributed by atoms with Crippen molar-refractivity contribution < 1.29 is 33.3 Å². The van der Waals surface area contributed by atoms with Gasteiger partial charge in [0.15, 0.2) is 6.61 Å². The van der Waals surface area contributed by atoms with Gasteiger partial charge in [0.05, 0.1) is 13.7 Å². The largest absolute Gasteiger partial charge is 0.497 e. The molecule has 0 aliphatic carbocycles. The van der Waals surface area contributed by atoms with Crippen LogP contribution in [0.5, 0.6) is 11.5 Å². The van der Waals surface area contributed by atoms with Gasteiger partial charge in [-0.1, -0.05) is 42.5 Å². The molecule has 1 aliphatic rings. The lowest BCUT2D eigenvalue weighted by Gasteiger charge is -2.35. The fourth-order valence-corrected chi connectivity index (χ4v) is 4.01. The maximum Gasteiger partial charge on any atom is 0.414 e. The van der Waals surface area contributed by atoms with E-state index in [1.54, 1.807) is 44.5 Å². The summed E-state index contributed by atoms with van der Waals surface area (Å²) in [6.45, 7) is 1.88. The van der Waals surface area contributed by atoms with Crippen molar-refractivity contribution in [2.24, 2.45) is 0 Å². The second kappa shape index (κ2) is 13.1. The Hall–Kier alpha value is -4.79. The molecule has 2 amide bonds. The number of anilines is 1. The summed E-state index contributed by atoms with van der Waals surface area (Å²) in [6.07, 6.45) is 2.73. The first-order valence-corrected chi connectivity index (χ1v) is 12.5. The predicted molar refractivity (Wildman–Crippen MR) is 144 cm³/mol. The highest BCUT2D eigenvalue weighted by atomic mass is 16.6. The van der Waals surface area contributed by atoms with Crippen LogP contribution in [0.2, 0.25) is 0 Å². The molecule has 0 aromatic heterocycles. The van der Waals surface area contributed by atoms with Crippen molar-refractivity contribution in [1.82, 2.24) is 4.90 Å². The lowest BCUT2D eigenvalue weighted by atomic mass is 10.0. The molecule has 1 heterocycles. The van der Waals surface area contributed by atoms with Gasteiger partial charge in [0, 0.05) is 24.5 Å². The fourth-order valence-electron chi connectivity index (χ4n) is 4.01. The Balaban J connectivity index is 1.52. The number of ether oxygens (including phenoxy) is 4. The van der Waals surface area contributed by atoms with E-state index in [0.29, 0.717) is 17.2 Å². The smallest absolute Gasteiger partial charge is 0.414 e. The molecular weight excluding hydrogens is 500 g/mol. The number of nitrogens with zero attached hydrogens (tertiary/aromatic N) is 2. The standard InChI is InChI=1S/C30H30N2O7/c1-3-37-28(33)21-38-26-15-11-24(12-16-26)31-17-18-32(30(35)39-20-23-7-5-4-6-8-23)27(29(31)34)19-22-9-13-25(36-2)14-10-22/h4-18,27H,3,19-21H2,1-2H3/t27-/m0/s1. The number of benzene rings is 3. The number of rotatable bonds is 10. The first-order valence-electron chi connectivity index (χ1n) is 12.5. The average molecular weight is 531 g/mol. The van der Waals surface area contributed by atoms with Crippen LogP contribution in [0.1, 0.15) is 18.1 Å². The first kappa shape index (κ1) is 27.3. The normalized spacial score (nSPS) is 14.6. The van der Waals surface area contributed by atoms with E-state index >= 15 is 0 Å². The lowest BCUT2D eigenvalue weighted by Crippen LogP contribution is -2.52. The van der Waals surface area contributed by atoms with Crippen molar-refractivity contribution in [1.29, 1.82) is 0 Å². The molecule has 0 unspecified atom stereocenters. The molecule has 9 nitrogen and oxygen atoms in total. The highest BCUT2D eigenvalue weighted by Crippen LogP contribution is 2.26. The molecule has 4 rings (SSSR count). The number of carbonyl (C=O) groups is 3. The van der Waals surface area contributed by atoms with Crippen LogP contribution in [0.15, 0.2) is 91.3 Å². The van der Waals surface area contributed by atoms with Crippen molar-refractivity contribution in [3.8, 4) is 11.5 Å². The second-order valence-corrected chi connectivity index (χ2v) is 8.61. The number of carbonyl (C=O) groups excluding carboxylic acids is 3. The molecule has 39 heavy (non-hydrogen) atoms. The second-order valence-electron chi connectivity index (χ2n) is 8.61. The monoisotopic (exact) mass is 530 g/mol. The number of methoxy groups -OCH3 is 1. The zero-order chi connectivity index (χ0) is 27.6. The topological polar surface area (TPSA) is 94.6 Å². The fraction of sp³-hybridized carbons (Fsp3) is 0.233. The van der Waals surface area contributed by atoms with Gasteiger partial charge in [0.1, 0.15) is 24.1 Å². The van der Waals surface area contributed by atoms with E-state index in [2.05, 4.69) is 0 Å². The van der Waals surface area contributed by atoms with Gasteiger partial charge in [-0.25, -0.2) is 9.59 Å². The van der Waals surface area contributed by atoms with Crippen molar-refractivity contribution in [2.45, 2.75) is 26.0 Å². The van der Waals surface area contributed by atoms with E-state index in [4.69, 9.17) is 18.9 Å². The number of hydrogen-bond donors (Lipinski definition) is 0. The molecule has 0 fully saturated rings. The van der Waals surface area contributed by atoms with Gasteiger partial charge < -0.3 is 18.9 Å². The van der Waals surface area contributed by atoms with Gasteiger partial charge in [-0.3, -0.25) is 14.6 Å². The Morgan fingerprint density at radius 1 is 0.821 bits per heavy atom. The summed E-state index contributed by atoms with van der Waals surface area (Å²) in [6, 6.07) is 22.6. The van der Waals surface area contributed by atoms with Crippen LogP contribution in [0.25, 0.3) is 0 Å². The summed E-state index contributed by atoms with van der Waals surface area (Å²) in [4.78, 5) is 41.2. The Morgan fingerprint density at radius 2 is 1.51 bits per heavy atom. The number of hydrogen-bond acceptors (Lipinski definition) is 7. The zero-order valence-corrected chi connectivity index (χ0v) is 21.8. The van der Waals surface area contributed by atoms with Crippen LogP contribution in [0.4, 0.5) is 10.5 Å². The molecule has 0 N–H and O–H groups in total. The van der Waals surface area contributed by atoms with Crippen molar-refractivity contribution in [3.05, 3.63) is 102 Å². The maximum atomic E-state index is 13.7. The Labute approximate surface area is 227 Å². The van der Waals surface area contributed by atoms with E-state index < -0.39 is 18.1 Å². The van der Waals surface area contributed by atoms with Gasteiger partial charge in [-0.2, -0.15) is 0 Å². The van der Waals surface area contributed by atoms with Crippen LogP contribution in [0.3, 0.4) is 0 Å². The Morgan fingerprint density at radius 3 is 2.18 bits per heavy atom. The van der Waals surface area contributed by atoms with Crippen LogP contribution in [-0.4, -0.2) is 49.2 Å². The lowest BCUT2D eigenvalue weighted by molar-refractivity contribution is -0.145. The molecule has 9 heteroatoms. The first-order chi connectivity index (χ1) is 19.0. The number of esters is 1. The molecule has 0 bridgehead atoms. The van der Waals surface area contributed by atoms with E-state index in [-0.39, 0.29) is 32.1 Å². The van der Waals surface area contributed by atoms with Gasteiger partial charge >= 0.3 is 12.1 Å². The Kier molecular flexibility index (Phi) is 9.18. The number of amides is 2. The van der Waals surface area contributed by atoms with Gasteiger partial charge in [0.25, 0.3) is 5.91 Å². The van der Waals surface area contributed by atoms with Crippen LogP contribution in [0, 0.1) is 0 Å². The van der Waals surface area contributed by atoms with Crippen molar-refractivity contribution >= 4 is 23.7 Å². The third-order valence-corrected chi connectivity index (χ3v) is 6.02. The van der Waals surface area contributed by atoms with E-state index in [1.165, 1.54) is 16.0 Å². The summed E-state index contributed by atoms with van der Waals surface area (Å²) in [5.74, 6) is 0.391. The molecular formula is C30H30N2O7. The van der Waals surface area contributed by atoms with Gasteiger partial charge in [-0.15, -0.1) is 0 Å². The van der Waals surface area contributed by atoms with E-state index in [1.807, 2.05) is 54.6 Å². The van der Waals surface area contributed by atoms with Crippen molar-refractivity contribution in [2.75, 3.05) is 25.2 Å². The minimum atomic E-state index is -0.841. The Bertz CT molecular complexity index is 1290. The summed E-state index contributed by atoms with van der Waals surface area (Å²) in [5.41, 5.74) is 2.28. The van der Waals surface area contributed by atoms with Gasteiger partial charge in [-0.05, 0) is 54.4 Å². The summed E-state index contributed by atoms with van der Waals surface area (Å²) >= 11 is 0. The summed E-state index contributed by atoms with van der Waals surface area (Å²) < 4.78 is 21.1. The molecule has 0 spiro atoms. The highest BCUT2D eigenvalue weighted by molar-refractivity contribution is 6.01. The molecule has 0 radical (unpaired) electrons. The molecule has 202 valence electrons. The molecule has 1 aliphatic heterocycles. The molecule has 1 atom stereocenters. The zero-order valence-electron chi connectivity index (χ0n) is 21.8. The quantitative estimate of drug-likeness (QED) is 0.351. The SMILES string of the molecule is CCOC(=O)COc1ccc(N2C=CN(C(=O)OCc3ccccc3)[C@@H](Cc3ccc(OC)cc3)C2=O)cc1. The maximum absolute atomic E-state index is 13.7. The summed E-state index contributed by atoms with van der Waals surface area (Å²) in [7, 11) is 1.58. The average Bonchev–Trinajstić information content (AvgIpc) is 2.97. The van der Waals surface area contributed by atoms with Crippen molar-refractivity contribution in [3.63, 3.8) is 0 Å². The predicted octanol–water partition coefficient (Wildman–Crippen LogP) is 4.71. The highest BCUT2D eigenvalue weighted by Gasteiger charge is 2.36. The summed E-state index contributed by atoms with van der Waals surface area (Å²) in [5, 5.41) is 0. The minimum Gasteiger partial charge on any atom is -0.497 e. The van der Waals surface area contributed by atoms with Crippen LogP contribution in [-0.2, 0) is 32.1 Å². The third-order valence-electron chi connectivity index (χ3n) is 6.02. The molecule has 0 saturated carbocycles. The van der Waals surface area contributed by atoms with Crippen LogP contribution < -0.4 is 14.4 Å². The minimum absolute atomic E-state index is 0.0877. The van der Waals surface area contributed by atoms with E-state index in [9.17, 15) is 14.4 Å². The third kappa shape index (κ3) is 7.16. The molecule has 3 aromatic rings. The van der Waals surface area contributed by atoms with Crippen LogP contribution >= 0.6 is 0 Å². The molecule has 0 saturated heterocycles. The van der Waals surface area contributed by atoms with Gasteiger partial charge in [0.2, 0.25) is 0 Å².